The van der Waals surface area contributed by atoms with E-state index >= 15 is 0 Å². The fourth-order valence-electron chi connectivity index (χ4n) is 1.92. The first-order valence-electron chi connectivity index (χ1n) is 6.26. The number of amides is 1. The lowest BCUT2D eigenvalue weighted by molar-refractivity contribution is -0.116. The number of aryl methyl sites for hydroxylation is 2. The molecule has 0 unspecified atom stereocenters. The molecular formula is C12H23N5O. The van der Waals surface area contributed by atoms with Crippen LogP contribution in [-0.4, -0.2) is 28.3 Å². The Kier molecular flexibility index (Phi) is 4.58. The van der Waals surface area contributed by atoms with Crippen molar-refractivity contribution in [1.29, 1.82) is 0 Å². The molecule has 1 aromatic rings. The van der Waals surface area contributed by atoms with E-state index in [4.69, 9.17) is 11.5 Å². The van der Waals surface area contributed by atoms with Crippen LogP contribution in [-0.2, 0) is 11.3 Å². The summed E-state index contributed by atoms with van der Waals surface area (Å²) in [4.78, 5) is 13.1. The average Bonchev–Trinajstić information content (AvgIpc) is 2.52. The summed E-state index contributed by atoms with van der Waals surface area (Å²) in [6.07, 6.45) is 0.954. The van der Waals surface area contributed by atoms with E-state index in [1.165, 1.54) is 0 Å². The molecule has 0 saturated carbocycles. The Morgan fingerprint density at radius 2 is 2.11 bits per heavy atom. The maximum atomic E-state index is 11.2. The lowest BCUT2D eigenvalue weighted by Gasteiger charge is -2.28. The van der Waals surface area contributed by atoms with Gasteiger partial charge in [-0.15, -0.1) is 0 Å². The highest BCUT2D eigenvalue weighted by molar-refractivity contribution is 5.81. The smallest absolute Gasteiger partial charge is 0.237 e. The van der Waals surface area contributed by atoms with Crippen molar-refractivity contribution in [2.24, 2.45) is 5.73 Å². The molecule has 18 heavy (non-hydrogen) atoms. The monoisotopic (exact) mass is 253 g/mol. The summed E-state index contributed by atoms with van der Waals surface area (Å²) in [5.41, 5.74) is 12.8. The summed E-state index contributed by atoms with van der Waals surface area (Å²) in [6.45, 7) is 8.87. The Balaban J connectivity index is 3.20. The highest BCUT2D eigenvalue weighted by Gasteiger charge is 2.22. The van der Waals surface area contributed by atoms with Gasteiger partial charge >= 0.3 is 0 Å². The van der Waals surface area contributed by atoms with Crippen molar-refractivity contribution in [2.75, 3.05) is 17.2 Å². The molecule has 1 heterocycles. The summed E-state index contributed by atoms with van der Waals surface area (Å²) in [7, 11) is 0. The van der Waals surface area contributed by atoms with Gasteiger partial charge < -0.3 is 16.4 Å². The first kappa shape index (κ1) is 14.3. The van der Waals surface area contributed by atoms with E-state index in [0.717, 1.165) is 24.5 Å². The van der Waals surface area contributed by atoms with Gasteiger partial charge in [0.05, 0.1) is 17.9 Å². The molecule has 0 aliphatic carbocycles. The number of aromatic nitrogens is 2. The maximum Gasteiger partial charge on any atom is 0.237 e. The molecule has 0 fully saturated rings. The minimum absolute atomic E-state index is 0.131. The zero-order valence-electron chi connectivity index (χ0n) is 11.6. The molecule has 1 aromatic heterocycles. The van der Waals surface area contributed by atoms with Gasteiger partial charge in [-0.25, -0.2) is 4.68 Å². The third kappa shape index (κ3) is 2.94. The van der Waals surface area contributed by atoms with Gasteiger partial charge in [0.1, 0.15) is 0 Å². The number of anilines is 2. The second-order valence-corrected chi connectivity index (χ2v) is 4.73. The largest absolute Gasteiger partial charge is 0.394 e. The highest BCUT2D eigenvalue weighted by atomic mass is 16.1. The van der Waals surface area contributed by atoms with Gasteiger partial charge in [-0.1, -0.05) is 6.92 Å². The summed E-state index contributed by atoms with van der Waals surface area (Å²) < 4.78 is 1.85. The molecule has 0 spiro atoms. The van der Waals surface area contributed by atoms with E-state index in [2.05, 4.69) is 12.0 Å². The molecule has 0 radical (unpaired) electrons. The van der Waals surface area contributed by atoms with Crippen LogP contribution < -0.4 is 16.4 Å². The number of primary amides is 1. The van der Waals surface area contributed by atoms with Gasteiger partial charge in [-0.3, -0.25) is 4.79 Å². The molecule has 4 N–H and O–H groups in total. The predicted molar refractivity (Wildman–Crippen MR) is 73.3 cm³/mol. The quantitative estimate of drug-likeness (QED) is 0.787. The van der Waals surface area contributed by atoms with Crippen LogP contribution in [0.2, 0.25) is 0 Å². The number of nitrogens with two attached hydrogens (primary N) is 2. The Hall–Kier alpha value is -1.72. The molecule has 102 valence electrons. The van der Waals surface area contributed by atoms with E-state index in [-0.39, 0.29) is 18.5 Å². The van der Waals surface area contributed by atoms with Crippen LogP contribution in [0, 0.1) is 6.92 Å². The number of carbonyl (C=O) groups is 1. The second-order valence-electron chi connectivity index (χ2n) is 4.73. The van der Waals surface area contributed by atoms with E-state index < -0.39 is 0 Å². The molecule has 0 saturated heterocycles. The lowest BCUT2D eigenvalue weighted by Crippen LogP contribution is -2.40. The van der Waals surface area contributed by atoms with Crippen LogP contribution in [0.25, 0.3) is 0 Å². The molecule has 1 amide bonds. The minimum Gasteiger partial charge on any atom is -0.394 e. The Labute approximate surface area is 108 Å². The molecule has 0 aliphatic rings. The van der Waals surface area contributed by atoms with Crippen LogP contribution >= 0.6 is 0 Å². The van der Waals surface area contributed by atoms with E-state index in [9.17, 15) is 4.79 Å². The maximum absolute atomic E-state index is 11.2. The van der Waals surface area contributed by atoms with Crippen LogP contribution in [0.1, 0.15) is 32.9 Å². The van der Waals surface area contributed by atoms with Crippen LogP contribution in [0.3, 0.4) is 0 Å². The van der Waals surface area contributed by atoms with Crippen molar-refractivity contribution in [1.82, 2.24) is 9.78 Å². The Bertz CT molecular complexity index is 424. The van der Waals surface area contributed by atoms with Crippen molar-refractivity contribution >= 4 is 17.4 Å². The molecule has 6 heteroatoms. The first-order chi connectivity index (χ1) is 8.38. The van der Waals surface area contributed by atoms with Crippen molar-refractivity contribution < 1.29 is 4.79 Å². The molecule has 1 rings (SSSR count). The fraction of sp³-hybridized carbons (Fsp3) is 0.667. The van der Waals surface area contributed by atoms with Gasteiger partial charge in [-0.05, 0) is 27.2 Å². The molecule has 0 aliphatic heterocycles. The summed E-state index contributed by atoms with van der Waals surface area (Å²) in [6, 6.07) is 0.131. The van der Waals surface area contributed by atoms with Crippen molar-refractivity contribution in [3.05, 3.63) is 5.69 Å². The van der Waals surface area contributed by atoms with Crippen LogP contribution in [0.5, 0.6) is 0 Å². The minimum atomic E-state index is -0.370. The summed E-state index contributed by atoms with van der Waals surface area (Å²) in [5, 5.41) is 4.41. The molecule has 0 atom stereocenters. The topological polar surface area (TPSA) is 90.2 Å². The first-order valence-corrected chi connectivity index (χ1v) is 6.26. The molecular weight excluding hydrogens is 230 g/mol. The van der Waals surface area contributed by atoms with E-state index in [0.29, 0.717) is 5.69 Å². The van der Waals surface area contributed by atoms with Gasteiger partial charge in [0.15, 0.2) is 5.82 Å². The molecule has 6 nitrogen and oxygen atoms in total. The van der Waals surface area contributed by atoms with E-state index in [1.807, 2.05) is 30.4 Å². The molecule has 0 aromatic carbocycles. The Morgan fingerprint density at radius 1 is 1.50 bits per heavy atom. The number of hydrogen-bond acceptors (Lipinski definition) is 4. The summed E-state index contributed by atoms with van der Waals surface area (Å²) >= 11 is 0. The van der Waals surface area contributed by atoms with Crippen LogP contribution in [0.4, 0.5) is 11.5 Å². The lowest BCUT2D eigenvalue weighted by atomic mass is 10.2. The van der Waals surface area contributed by atoms with Crippen LogP contribution in [0.15, 0.2) is 0 Å². The third-order valence-electron chi connectivity index (χ3n) is 2.80. The van der Waals surface area contributed by atoms with Gasteiger partial charge in [-0.2, -0.15) is 5.10 Å². The van der Waals surface area contributed by atoms with Crippen molar-refractivity contribution in [2.45, 2.75) is 46.7 Å². The van der Waals surface area contributed by atoms with Crippen molar-refractivity contribution in [3.63, 3.8) is 0 Å². The number of rotatable bonds is 6. The predicted octanol–water partition coefficient (Wildman–Crippen LogP) is 0.884. The zero-order chi connectivity index (χ0) is 13.9. The van der Waals surface area contributed by atoms with Crippen molar-refractivity contribution in [3.8, 4) is 0 Å². The Morgan fingerprint density at radius 3 is 2.56 bits per heavy atom. The van der Waals surface area contributed by atoms with Gasteiger partial charge in [0, 0.05) is 12.6 Å². The summed E-state index contributed by atoms with van der Waals surface area (Å²) in [5.74, 6) is 0.424. The second kappa shape index (κ2) is 5.75. The average molecular weight is 253 g/mol. The van der Waals surface area contributed by atoms with E-state index in [1.54, 1.807) is 0 Å². The number of carbonyl (C=O) groups excluding carboxylic acids is 1. The highest BCUT2D eigenvalue weighted by Crippen LogP contribution is 2.28. The third-order valence-corrected chi connectivity index (χ3v) is 2.80. The van der Waals surface area contributed by atoms with Gasteiger partial charge in [0.25, 0.3) is 0 Å². The zero-order valence-corrected chi connectivity index (χ0v) is 11.6. The number of nitrogens with zero attached hydrogens (tertiary/aromatic N) is 3. The SMILES string of the molecule is CCCn1nc(C)c(N)c1N(CC(N)=O)C(C)C. The van der Waals surface area contributed by atoms with Gasteiger partial charge in [0.2, 0.25) is 5.91 Å². The standard InChI is InChI=1S/C12H23N5O/c1-5-6-17-12(11(14)9(4)15-17)16(8(2)3)7-10(13)18/h8H,5-7,14H2,1-4H3,(H2,13,18). The molecule has 0 bridgehead atoms. The number of hydrogen-bond donors (Lipinski definition) is 2. The number of nitrogen functional groups attached to an aromatic ring is 1. The normalized spacial score (nSPS) is 10.9. The fourth-order valence-corrected chi connectivity index (χ4v) is 1.92.